The lowest BCUT2D eigenvalue weighted by atomic mass is 10.2. The van der Waals surface area contributed by atoms with Crippen molar-refractivity contribution >= 4 is 26.5 Å². The van der Waals surface area contributed by atoms with Crippen LogP contribution in [0.15, 0.2) is 22.5 Å². The Morgan fingerprint density at radius 1 is 1.33 bits per heavy atom. The van der Waals surface area contributed by atoms with Crippen molar-refractivity contribution in [1.29, 1.82) is 0 Å². The van der Waals surface area contributed by atoms with Crippen molar-refractivity contribution < 1.29 is 17.2 Å². The largest absolute Gasteiger partial charge is 0.313 e. The lowest BCUT2D eigenvalue weighted by Gasteiger charge is -2.11. The molecule has 10 heteroatoms. The van der Waals surface area contributed by atoms with Crippen LogP contribution in [0, 0.1) is 11.6 Å². The van der Waals surface area contributed by atoms with E-state index in [4.69, 9.17) is 0 Å². The second-order valence-corrected chi connectivity index (χ2v) is 6.45. The summed E-state index contributed by atoms with van der Waals surface area (Å²) in [5.41, 5.74) is 1.01. The van der Waals surface area contributed by atoms with E-state index in [1.807, 2.05) is 0 Å². The maximum atomic E-state index is 14.2. The van der Waals surface area contributed by atoms with E-state index in [-0.39, 0.29) is 17.2 Å². The molecule has 0 bridgehead atoms. The molecule has 0 atom stereocenters. The van der Waals surface area contributed by atoms with Gasteiger partial charge in [-0.2, -0.15) is 0 Å². The van der Waals surface area contributed by atoms with E-state index in [1.54, 1.807) is 6.92 Å². The van der Waals surface area contributed by atoms with Crippen LogP contribution in [0.2, 0.25) is 0 Å². The highest BCUT2D eigenvalue weighted by atomic mass is 32.2. The predicted octanol–water partition coefficient (Wildman–Crippen LogP) is 1.73. The normalized spacial score (nSPS) is 11.6. The van der Waals surface area contributed by atoms with Gasteiger partial charge >= 0.3 is 0 Å². The van der Waals surface area contributed by atoms with E-state index in [9.17, 15) is 17.2 Å². The Hall–Kier alpha value is -1.65. The maximum Gasteiger partial charge on any atom is 0.266 e. The summed E-state index contributed by atoms with van der Waals surface area (Å²) < 4.78 is 54.2. The van der Waals surface area contributed by atoms with Crippen LogP contribution >= 0.6 is 11.3 Å². The average molecular weight is 334 g/mol. The van der Waals surface area contributed by atoms with Crippen molar-refractivity contribution in [2.24, 2.45) is 0 Å². The molecule has 1 heterocycles. The zero-order chi connectivity index (χ0) is 15.5. The van der Waals surface area contributed by atoms with Gasteiger partial charge in [0.25, 0.3) is 10.0 Å². The molecule has 0 spiro atoms. The van der Waals surface area contributed by atoms with Crippen molar-refractivity contribution in [3.8, 4) is 0 Å². The quantitative estimate of drug-likeness (QED) is 0.840. The molecule has 0 aliphatic carbocycles. The molecule has 21 heavy (non-hydrogen) atoms. The third kappa shape index (κ3) is 3.52. The highest BCUT2D eigenvalue weighted by Crippen LogP contribution is 2.23. The molecule has 2 rings (SSSR count). The third-order valence-corrected chi connectivity index (χ3v) is 4.67. The first-order valence-corrected chi connectivity index (χ1v) is 8.28. The zero-order valence-electron chi connectivity index (χ0n) is 10.9. The van der Waals surface area contributed by atoms with Gasteiger partial charge in [0.2, 0.25) is 5.13 Å². The second kappa shape index (κ2) is 6.41. The summed E-state index contributed by atoms with van der Waals surface area (Å²) in [5.74, 6) is -1.92. The van der Waals surface area contributed by atoms with Crippen molar-refractivity contribution in [3.05, 3.63) is 34.8 Å². The number of aromatic nitrogens is 2. The minimum atomic E-state index is -4.19. The molecular weight excluding hydrogens is 322 g/mol. The topological polar surface area (TPSA) is 84.0 Å². The van der Waals surface area contributed by atoms with Crippen molar-refractivity contribution in [2.45, 2.75) is 18.4 Å². The van der Waals surface area contributed by atoms with Gasteiger partial charge in [-0.15, -0.1) is 10.2 Å². The standard InChI is InChI=1S/C11H12F2N4O2S2/c1-2-14-5-7-8(12)3-4-9(10(7)13)21(18,19)17-11-16-15-6-20-11/h3-4,6,14H,2,5H2,1H3,(H,16,17). The predicted molar refractivity (Wildman–Crippen MR) is 74.5 cm³/mol. The SMILES string of the molecule is CCNCc1c(F)ccc(S(=O)(=O)Nc2nncs2)c1F. The van der Waals surface area contributed by atoms with Gasteiger partial charge in [-0.3, -0.25) is 4.72 Å². The van der Waals surface area contributed by atoms with Crippen LogP contribution in [0.1, 0.15) is 12.5 Å². The molecule has 1 aromatic heterocycles. The highest BCUT2D eigenvalue weighted by Gasteiger charge is 2.24. The monoisotopic (exact) mass is 334 g/mol. The van der Waals surface area contributed by atoms with Crippen LogP contribution in [0.5, 0.6) is 0 Å². The molecule has 0 saturated heterocycles. The van der Waals surface area contributed by atoms with Gasteiger partial charge in [-0.25, -0.2) is 17.2 Å². The Morgan fingerprint density at radius 2 is 2.10 bits per heavy atom. The molecule has 2 N–H and O–H groups in total. The van der Waals surface area contributed by atoms with Gasteiger partial charge < -0.3 is 5.32 Å². The molecule has 0 amide bonds. The average Bonchev–Trinajstić information content (AvgIpc) is 2.90. The minimum Gasteiger partial charge on any atom is -0.313 e. The van der Waals surface area contributed by atoms with E-state index < -0.39 is 26.6 Å². The summed E-state index contributed by atoms with van der Waals surface area (Å²) in [5, 5.41) is 9.75. The van der Waals surface area contributed by atoms with Crippen LogP contribution in [-0.2, 0) is 16.6 Å². The molecule has 0 fully saturated rings. The van der Waals surface area contributed by atoms with Gasteiger partial charge in [-0.1, -0.05) is 18.3 Å². The zero-order valence-corrected chi connectivity index (χ0v) is 12.6. The van der Waals surface area contributed by atoms with Gasteiger partial charge in [-0.05, 0) is 18.7 Å². The fraction of sp³-hybridized carbons (Fsp3) is 0.273. The fourth-order valence-corrected chi connectivity index (χ4v) is 3.38. The van der Waals surface area contributed by atoms with Crippen LogP contribution in [0.4, 0.5) is 13.9 Å². The summed E-state index contributed by atoms with van der Waals surface area (Å²) in [6, 6.07) is 1.80. The van der Waals surface area contributed by atoms with Gasteiger partial charge in [0.15, 0.2) is 5.82 Å². The van der Waals surface area contributed by atoms with Gasteiger partial charge in [0, 0.05) is 12.1 Å². The molecule has 0 saturated carbocycles. The smallest absolute Gasteiger partial charge is 0.266 e. The summed E-state index contributed by atoms with van der Waals surface area (Å²) in [6.07, 6.45) is 0. The Balaban J connectivity index is 2.39. The van der Waals surface area contributed by atoms with Gasteiger partial charge in [0.1, 0.15) is 16.2 Å². The van der Waals surface area contributed by atoms with Crippen LogP contribution < -0.4 is 10.0 Å². The Kier molecular flexibility index (Phi) is 4.80. The van der Waals surface area contributed by atoms with E-state index in [0.29, 0.717) is 6.54 Å². The van der Waals surface area contributed by atoms with Crippen molar-refractivity contribution in [1.82, 2.24) is 15.5 Å². The van der Waals surface area contributed by atoms with E-state index in [1.165, 1.54) is 5.51 Å². The third-order valence-electron chi connectivity index (χ3n) is 2.57. The molecular formula is C11H12F2N4O2S2. The number of rotatable bonds is 6. The first kappa shape index (κ1) is 15.7. The maximum absolute atomic E-state index is 14.2. The summed E-state index contributed by atoms with van der Waals surface area (Å²) >= 11 is 0.950. The molecule has 0 aliphatic heterocycles. The van der Waals surface area contributed by atoms with Crippen molar-refractivity contribution in [2.75, 3.05) is 11.3 Å². The lowest BCUT2D eigenvalue weighted by Crippen LogP contribution is -2.19. The first-order valence-electron chi connectivity index (χ1n) is 5.92. The number of benzene rings is 1. The number of hydrogen-bond acceptors (Lipinski definition) is 6. The van der Waals surface area contributed by atoms with E-state index in [2.05, 4.69) is 20.2 Å². The van der Waals surface area contributed by atoms with Crippen LogP contribution in [-0.4, -0.2) is 25.2 Å². The first-order chi connectivity index (χ1) is 9.95. The number of halogens is 2. The van der Waals surface area contributed by atoms with Crippen LogP contribution in [0.3, 0.4) is 0 Å². The molecule has 1 aromatic carbocycles. The Morgan fingerprint density at radius 3 is 2.71 bits per heavy atom. The summed E-state index contributed by atoms with van der Waals surface area (Å²) in [4.78, 5) is -0.632. The number of hydrogen-bond donors (Lipinski definition) is 2. The summed E-state index contributed by atoms with van der Waals surface area (Å²) in [7, 11) is -4.19. The Labute approximate surface area is 124 Å². The van der Waals surface area contributed by atoms with Crippen molar-refractivity contribution in [3.63, 3.8) is 0 Å². The molecule has 6 nitrogen and oxygen atoms in total. The van der Waals surface area contributed by atoms with E-state index >= 15 is 0 Å². The summed E-state index contributed by atoms with van der Waals surface area (Å²) in [6.45, 7) is 2.17. The lowest BCUT2D eigenvalue weighted by molar-refractivity contribution is 0.517. The number of nitrogens with one attached hydrogen (secondary N) is 2. The Bertz CT molecular complexity index is 720. The highest BCUT2D eigenvalue weighted by molar-refractivity contribution is 7.93. The number of nitrogens with zero attached hydrogens (tertiary/aromatic N) is 2. The molecule has 2 aromatic rings. The van der Waals surface area contributed by atoms with Crippen LogP contribution in [0.25, 0.3) is 0 Å². The second-order valence-electron chi connectivity index (χ2n) is 3.97. The number of anilines is 1. The van der Waals surface area contributed by atoms with Gasteiger partial charge in [0.05, 0.1) is 0 Å². The molecule has 0 radical (unpaired) electrons. The molecule has 0 unspecified atom stereocenters. The molecule has 0 aliphatic rings. The molecule has 114 valence electrons. The number of sulfonamides is 1. The fourth-order valence-electron chi connectivity index (χ4n) is 1.58. The minimum absolute atomic E-state index is 0.00644. The van der Waals surface area contributed by atoms with E-state index in [0.717, 1.165) is 23.5 Å².